The third-order valence-corrected chi connectivity index (χ3v) is 4.71. The van der Waals surface area contributed by atoms with E-state index in [0.717, 1.165) is 49.5 Å². The molecule has 0 aliphatic heterocycles. The molecule has 2 unspecified atom stereocenters. The zero-order valence-electron chi connectivity index (χ0n) is 8.08. The number of nitrogens with two attached hydrogens (primary N) is 1. The van der Waals surface area contributed by atoms with Gasteiger partial charge >= 0.3 is 0 Å². The summed E-state index contributed by atoms with van der Waals surface area (Å²) in [6.07, 6.45) is 5.86. The summed E-state index contributed by atoms with van der Waals surface area (Å²) in [6.45, 7) is 0.845. The van der Waals surface area contributed by atoms with E-state index < -0.39 is 0 Å². The van der Waals surface area contributed by atoms with Crippen molar-refractivity contribution in [2.75, 3.05) is 6.54 Å². The summed E-state index contributed by atoms with van der Waals surface area (Å²) in [5.41, 5.74) is 5.54. The highest BCUT2D eigenvalue weighted by Gasteiger charge is 2.53. The maximum atomic E-state index is 10.3. The number of hydrogen-bond donors (Lipinski definition) is 2. The van der Waals surface area contributed by atoms with Crippen LogP contribution in [0.15, 0.2) is 0 Å². The monoisotopic (exact) mass is 181 g/mol. The molecule has 0 aromatic rings. The lowest BCUT2D eigenvalue weighted by Gasteiger charge is -2.58. The van der Waals surface area contributed by atoms with Crippen molar-refractivity contribution in [2.45, 2.75) is 37.7 Å². The molecule has 4 aliphatic carbocycles. The van der Waals surface area contributed by atoms with E-state index >= 15 is 0 Å². The van der Waals surface area contributed by atoms with Gasteiger partial charge in [-0.1, -0.05) is 0 Å². The van der Waals surface area contributed by atoms with Crippen LogP contribution in [0.1, 0.15) is 32.1 Å². The van der Waals surface area contributed by atoms with Crippen molar-refractivity contribution in [2.24, 2.45) is 29.4 Å². The van der Waals surface area contributed by atoms with Crippen molar-refractivity contribution < 1.29 is 5.11 Å². The molecular weight excluding hydrogens is 162 g/mol. The third kappa shape index (κ3) is 1.08. The molecule has 4 saturated carbocycles. The molecule has 0 heterocycles. The lowest BCUT2D eigenvalue weighted by atomic mass is 9.50. The molecule has 4 aliphatic rings. The SMILES string of the molecule is NCC1C2CC3CC1CC(O)(C3)C2. The van der Waals surface area contributed by atoms with Crippen LogP contribution in [0, 0.1) is 23.7 Å². The minimum Gasteiger partial charge on any atom is -0.390 e. The van der Waals surface area contributed by atoms with Crippen LogP contribution >= 0.6 is 0 Å². The minimum absolute atomic E-state index is 0.276. The van der Waals surface area contributed by atoms with Gasteiger partial charge in [0.05, 0.1) is 5.60 Å². The summed E-state index contributed by atoms with van der Waals surface area (Å²) in [5, 5.41) is 10.3. The number of rotatable bonds is 1. The molecular formula is C11H19NO. The Labute approximate surface area is 79.5 Å². The first-order chi connectivity index (χ1) is 6.20. The summed E-state index contributed by atoms with van der Waals surface area (Å²) < 4.78 is 0. The van der Waals surface area contributed by atoms with Crippen molar-refractivity contribution in [1.29, 1.82) is 0 Å². The highest BCUT2D eigenvalue weighted by atomic mass is 16.3. The van der Waals surface area contributed by atoms with Crippen LogP contribution in [0.4, 0.5) is 0 Å². The number of aliphatic hydroxyl groups is 1. The maximum absolute atomic E-state index is 10.3. The molecule has 0 amide bonds. The Bertz CT molecular complexity index is 212. The van der Waals surface area contributed by atoms with E-state index in [1.54, 1.807) is 0 Å². The summed E-state index contributed by atoms with van der Waals surface area (Å²) in [6, 6.07) is 0. The third-order valence-electron chi connectivity index (χ3n) is 4.71. The van der Waals surface area contributed by atoms with Gasteiger partial charge in [-0.3, -0.25) is 0 Å². The number of hydrogen-bond acceptors (Lipinski definition) is 2. The smallest absolute Gasteiger partial charge is 0.0656 e. The molecule has 0 aromatic heterocycles. The van der Waals surface area contributed by atoms with Gasteiger partial charge in [0.2, 0.25) is 0 Å². The van der Waals surface area contributed by atoms with Crippen LogP contribution in [0.25, 0.3) is 0 Å². The fraction of sp³-hybridized carbons (Fsp3) is 1.00. The normalized spacial score (nSPS) is 58.6. The molecule has 0 spiro atoms. The first kappa shape index (κ1) is 8.25. The zero-order valence-corrected chi connectivity index (χ0v) is 8.08. The first-order valence-corrected chi connectivity index (χ1v) is 5.63. The van der Waals surface area contributed by atoms with E-state index in [-0.39, 0.29) is 5.60 Å². The average molecular weight is 181 g/mol. The molecule has 74 valence electrons. The van der Waals surface area contributed by atoms with Crippen molar-refractivity contribution in [1.82, 2.24) is 0 Å². The van der Waals surface area contributed by atoms with Gasteiger partial charge in [0.15, 0.2) is 0 Å². The lowest BCUT2D eigenvalue weighted by molar-refractivity contribution is -0.149. The van der Waals surface area contributed by atoms with Crippen LogP contribution < -0.4 is 5.73 Å². The molecule has 0 radical (unpaired) electrons. The van der Waals surface area contributed by atoms with Crippen LogP contribution in [-0.2, 0) is 0 Å². The summed E-state index contributed by atoms with van der Waals surface area (Å²) in [5.74, 6) is 3.06. The topological polar surface area (TPSA) is 46.2 Å². The van der Waals surface area contributed by atoms with Crippen molar-refractivity contribution in [3.8, 4) is 0 Å². The quantitative estimate of drug-likeness (QED) is 0.637. The second-order valence-corrected chi connectivity index (χ2v) is 5.59. The van der Waals surface area contributed by atoms with Gasteiger partial charge in [-0.15, -0.1) is 0 Å². The van der Waals surface area contributed by atoms with E-state index in [9.17, 15) is 5.11 Å². The maximum Gasteiger partial charge on any atom is 0.0656 e. The van der Waals surface area contributed by atoms with E-state index in [4.69, 9.17) is 5.73 Å². The summed E-state index contributed by atoms with van der Waals surface area (Å²) in [4.78, 5) is 0. The molecule has 0 aromatic carbocycles. The Balaban J connectivity index is 1.90. The van der Waals surface area contributed by atoms with Gasteiger partial charge in [-0.2, -0.15) is 0 Å². The fourth-order valence-corrected chi connectivity index (χ4v) is 4.47. The highest BCUT2D eigenvalue weighted by Crippen LogP contribution is 2.57. The minimum atomic E-state index is -0.276. The summed E-state index contributed by atoms with van der Waals surface area (Å²) in [7, 11) is 0. The molecule has 2 atom stereocenters. The van der Waals surface area contributed by atoms with Gasteiger partial charge < -0.3 is 10.8 Å². The molecule has 4 fully saturated rings. The second kappa shape index (κ2) is 2.48. The van der Waals surface area contributed by atoms with Crippen molar-refractivity contribution >= 4 is 0 Å². The Morgan fingerprint density at radius 2 is 1.77 bits per heavy atom. The van der Waals surface area contributed by atoms with E-state index in [2.05, 4.69) is 0 Å². The Kier molecular flexibility index (Phi) is 1.58. The molecule has 0 saturated heterocycles. The molecule has 2 heteroatoms. The van der Waals surface area contributed by atoms with E-state index in [0.29, 0.717) is 0 Å². The molecule has 3 N–H and O–H groups in total. The first-order valence-electron chi connectivity index (χ1n) is 5.63. The van der Waals surface area contributed by atoms with Crippen LogP contribution in [0.3, 0.4) is 0 Å². The summed E-state index contributed by atoms with van der Waals surface area (Å²) >= 11 is 0. The van der Waals surface area contributed by atoms with Crippen LogP contribution in [-0.4, -0.2) is 17.3 Å². The largest absolute Gasteiger partial charge is 0.390 e. The molecule has 2 nitrogen and oxygen atoms in total. The predicted molar refractivity (Wildman–Crippen MR) is 51.0 cm³/mol. The Hall–Kier alpha value is -0.0800. The highest BCUT2D eigenvalue weighted by molar-refractivity contribution is 5.05. The van der Waals surface area contributed by atoms with Gasteiger partial charge in [0.25, 0.3) is 0 Å². The van der Waals surface area contributed by atoms with Crippen molar-refractivity contribution in [3.63, 3.8) is 0 Å². The molecule has 13 heavy (non-hydrogen) atoms. The van der Waals surface area contributed by atoms with Crippen molar-refractivity contribution in [3.05, 3.63) is 0 Å². The second-order valence-electron chi connectivity index (χ2n) is 5.59. The molecule has 4 rings (SSSR count). The molecule has 4 bridgehead atoms. The standard InChI is InChI=1S/C11H19NO/c12-6-10-8-1-7-2-9(10)5-11(13,3-7)4-8/h7-10,13H,1-6,12H2. The van der Waals surface area contributed by atoms with Gasteiger partial charge in [-0.25, -0.2) is 0 Å². The van der Waals surface area contributed by atoms with Crippen LogP contribution in [0.2, 0.25) is 0 Å². The van der Waals surface area contributed by atoms with Gasteiger partial charge in [-0.05, 0) is 62.3 Å². The Morgan fingerprint density at radius 3 is 2.23 bits per heavy atom. The zero-order chi connectivity index (χ0) is 9.05. The van der Waals surface area contributed by atoms with E-state index in [1.807, 2.05) is 0 Å². The predicted octanol–water partition coefficient (Wildman–Crippen LogP) is 1.13. The fourth-order valence-electron chi connectivity index (χ4n) is 4.47. The average Bonchev–Trinajstić information content (AvgIpc) is 2.00. The van der Waals surface area contributed by atoms with Gasteiger partial charge in [0, 0.05) is 0 Å². The van der Waals surface area contributed by atoms with E-state index in [1.165, 1.54) is 12.8 Å². The Morgan fingerprint density at radius 1 is 1.15 bits per heavy atom. The lowest BCUT2D eigenvalue weighted by Crippen LogP contribution is -2.56. The van der Waals surface area contributed by atoms with Crippen LogP contribution in [0.5, 0.6) is 0 Å². The van der Waals surface area contributed by atoms with Gasteiger partial charge in [0.1, 0.15) is 0 Å².